The second-order valence-electron chi connectivity index (χ2n) is 8.85. The van der Waals surface area contributed by atoms with Crippen molar-refractivity contribution in [2.45, 2.75) is 0 Å². The van der Waals surface area contributed by atoms with Crippen molar-refractivity contribution in [1.82, 2.24) is 9.55 Å². The van der Waals surface area contributed by atoms with E-state index < -0.39 is 0 Å². The lowest BCUT2D eigenvalue weighted by molar-refractivity contribution is 1.18. The summed E-state index contributed by atoms with van der Waals surface area (Å²) in [5.74, 6) is 0. The van der Waals surface area contributed by atoms with Crippen LogP contribution in [0.25, 0.3) is 60.8 Å². The summed E-state index contributed by atoms with van der Waals surface area (Å²) in [7, 11) is 0. The van der Waals surface area contributed by atoms with Gasteiger partial charge in [0.1, 0.15) is 0 Å². The Balaban J connectivity index is 1.39. The molecule has 0 aliphatic heterocycles. The zero-order valence-corrected chi connectivity index (χ0v) is 19.1. The van der Waals surface area contributed by atoms with Gasteiger partial charge in [-0.2, -0.15) is 0 Å². The molecule has 2 aromatic heterocycles. The van der Waals surface area contributed by atoms with E-state index in [1.807, 2.05) is 0 Å². The third kappa shape index (κ3) is 3.23. The van der Waals surface area contributed by atoms with Crippen molar-refractivity contribution in [2.75, 3.05) is 0 Å². The molecule has 0 spiro atoms. The number of rotatable bonds is 3. The van der Waals surface area contributed by atoms with Crippen LogP contribution in [-0.4, -0.2) is 9.55 Å². The molecule has 0 unspecified atom stereocenters. The van der Waals surface area contributed by atoms with Crippen LogP contribution in [0.4, 0.5) is 0 Å². The van der Waals surface area contributed by atoms with Crippen LogP contribution in [0.2, 0.25) is 0 Å². The standard InChI is InChI=1S/C33H22N2/c1-2-10-23(11-3-1)29-22-31(34-30-15-7-4-12-26(29)30)24-18-20-25(21-19-24)35-32-16-8-5-13-27(32)28-14-6-9-17-33(28)35/h1-22H. The predicted octanol–water partition coefficient (Wildman–Crippen LogP) is 8.67. The molecule has 0 bridgehead atoms. The fourth-order valence-electron chi connectivity index (χ4n) is 5.16. The monoisotopic (exact) mass is 446 g/mol. The average molecular weight is 447 g/mol. The highest BCUT2D eigenvalue weighted by molar-refractivity contribution is 6.09. The summed E-state index contributed by atoms with van der Waals surface area (Å²) in [6.45, 7) is 0. The zero-order chi connectivity index (χ0) is 23.2. The topological polar surface area (TPSA) is 17.8 Å². The molecule has 0 N–H and O–H groups in total. The molecule has 0 saturated carbocycles. The normalized spacial score (nSPS) is 11.4. The first kappa shape index (κ1) is 19.7. The number of hydrogen-bond donors (Lipinski definition) is 0. The third-order valence-corrected chi connectivity index (χ3v) is 6.80. The fraction of sp³-hybridized carbons (Fsp3) is 0. The van der Waals surface area contributed by atoms with Gasteiger partial charge in [-0.3, -0.25) is 0 Å². The molecule has 0 atom stereocenters. The van der Waals surface area contributed by atoms with Crippen LogP contribution < -0.4 is 0 Å². The van der Waals surface area contributed by atoms with Gasteiger partial charge < -0.3 is 4.57 Å². The summed E-state index contributed by atoms with van der Waals surface area (Å²) in [6.07, 6.45) is 0. The smallest absolute Gasteiger partial charge is 0.0715 e. The molecule has 35 heavy (non-hydrogen) atoms. The van der Waals surface area contributed by atoms with Gasteiger partial charge in [0, 0.05) is 27.4 Å². The van der Waals surface area contributed by atoms with E-state index in [0.29, 0.717) is 0 Å². The SMILES string of the molecule is c1ccc(-c2cc(-c3ccc(-n4c5ccccc5c5ccccc54)cc3)nc3ccccc23)cc1. The summed E-state index contributed by atoms with van der Waals surface area (Å²) >= 11 is 0. The molecule has 2 nitrogen and oxygen atoms in total. The largest absolute Gasteiger partial charge is 0.309 e. The molecule has 0 aliphatic rings. The van der Waals surface area contributed by atoms with Gasteiger partial charge in [0.05, 0.1) is 22.2 Å². The van der Waals surface area contributed by atoms with Gasteiger partial charge in [0.15, 0.2) is 0 Å². The Morgan fingerprint density at radius 3 is 1.71 bits per heavy atom. The van der Waals surface area contributed by atoms with E-state index in [0.717, 1.165) is 22.5 Å². The summed E-state index contributed by atoms with van der Waals surface area (Å²) in [4.78, 5) is 5.02. The summed E-state index contributed by atoms with van der Waals surface area (Å²) in [5.41, 5.74) is 9.10. The van der Waals surface area contributed by atoms with Crippen molar-refractivity contribution >= 4 is 32.7 Å². The Kier molecular flexibility index (Phi) is 4.49. The van der Waals surface area contributed by atoms with E-state index in [1.165, 1.54) is 38.3 Å². The van der Waals surface area contributed by atoms with Crippen LogP contribution in [0.3, 0.4) is 0 Å². The summed E-state index contributed by atoms with van der Waals surface area (Å²) in [6, 6.07) is 47.2. The van der Waals surface area contributed by atoms with Crippen LogP contribution in [-0.2, 0) is 0 Å². The molecule has 0 radical (unpaired) electrons. The van der Waals surface area contributed by atoms with Crippen LogP contribution in [0.15, 0.2) is 133 Å². The maximum atomic E-state index is 5.02. The van der Waals surface area contributed by atoms with E-state index in [2.05, 4.69) is 138 Å². The molecular weight excluding hydrogens is 424 g/mol. The van der Waals surface area contributed by atoms with Gasteiger partial charge in [0.2, 0.25) is 0 Å². The van der Waals surface area contributed by atoms with E-state index in [-0.39, 0.29) is 0 Å². The quantitative estimate of drug-likeness (QED) is 0.265. The molecule has 0 fully saturated rings. The van der Waals surface area contributed by atoms with Gasteiger partial charge in [-0.1, -0.05) is 97.1 Å². The number of hydrogen-bond acceptors (Lipinski definition) is 1. The Morgan fingerprint density at radius 1 is 0.457 bits per heavy atom. The van der Waals surface area contributed by atoms with Crippen molar-refractivity contribution in [2.24, 2.45) is 0 Å². The number of fused-ring (bicyclic) bond motifs is 4. The number of nitrogens with zero attached hydrogens (tertiary/aromatic N) is 2. The highest BCUT2D eigenvalue weighted by Gasteiger charge is 2.13. The van der Waals surface area contributed by atoms with Crippen molar-refractivity contribution in [3.05, 3.63) is 133 Å². The summed E-state index contributed by atoms with van der Waals surface area (Å²) in [5, 5.41) is 3.72. The fourth-order valence-corrected chi connectivity index (χ4v) is 5.16. The van der Waals surface area contributed by atoms with E-state index in [4.69, 9.17) is 4.98 Å². The number of aromatic nitrogens is 2. The lowest BCUT2D eigenvalue weighted by Gasteiger charge is -2.12. The van der Waals surface area contributed by atoms with Gasteiger partial charge >= 0.3 is 0 Å². The Labute approximate surface area is 203 Å². The zero-order valence-electron chi connectivity index (χ0n) is 19.1. The first-order valence-electron chi connectivity index (χ1n) is 11.9. The minimum atomic E-state index is 0.983. The van der Waals surface area contributed by atoms with Gasteiger partial charge in [0.25, 0.3) is 0 Å². The first-order valence-corrected chi connectivity index (χ1v) is 11.9. The summed E-state index contributed by atoms with van der Waals surface area (Å²) < 4.78 is 2.34. The van der Waals surface area contributed by atoms with Crippen molar-refractivity contribution in [3.8, 4) is 28.1 Å². The van der Waals surface area contributed by atoms with Crippen molar-refractivity contribution in [1.29, 1.82) is 0 Å². The van der Waals surface area contributed by atoms with Crippen molar-refractivity contribution < 1.29 is 0 Å². The number of pyridine rings is 1. The molecule has 164 valence electrons. The molecule has 0 aliphatic carbocycles. The van der Waals surface area contributed by atoms with Crippen molar-refractivity contribution in [3.63, 3.8) is 0 Å². The molecule has 2 heterocycles. The van der Waals surface area contributed by atoms with Crippen LogP contribution in [0, 0.1) is 0 Å². The molecule has 2 heteroatoms. The van der Waals surface area contributed by atoms with E-state index in [9.17, 15) is 0 Å². The van der Waals surface area contributed by atoms with Gasteiger partial charge in [-0.15, -0.1) is 0 Å². The van der Waals surface area contributed by atoms with Gasteiger partial charge in [-0.25, -0.2) is 4.98 Å². The third-order valence-electron chi connectivity index (χ3n) is 6.80. The van der Waals surface area contributed by atoms with Crippen LogP contribution >= 0.6 is 0 Å². The van der Waals surface area contributed by atoms with E-state index in [1.54, 1.807) is 0 Å². The second-order valence-corrected chi connectivity index (χ2v) is 8.85. The minimum absolute atomic E-state index is 0.983. The maximum absolute atomic E-state index is 5.02. The highest BCUT2D eigenvalue weighted by atomic mass is 15.0. The maximum Gasteiger partial charge on any atom is 0.0715 e. The molecule has 7 rings (SSSR count). The Bertz CT molecular complexity index is 1770. The lowest BCUT2D eigenvalue weighted by Crippen LogP contribution is -1.94. The molecule has 0 saturated heterocycles. The molecule has 0 amide bonds. The highest BCUT2D eigenvalue weighted by Crippen LogP contribution is 2.34. The first-order chi connectivity index (χ1) is 17.4. The average Bonchev–Trinajstić information content (AvgIpc) is 3.27. The van der Waals surface area contributed by atoms with Crippen LogP contribution in [0.5, 0.6) is 0 Å². The Hall–Kier alpha value is -4.69. The van der Waals surface area contributed by atoms with Crippen LogP contribution in [0.1, 0.15) is 0 Å². The number of para-hydroxylation sites is 3. The Morgan fingerprint density at radius 2 is 1.03 bits per heavy atom. The second kappa shape index (κ2) is 7.96. The van der Waals surface area contributed by atoms with Gasteiger partial charge in [-0.05, 0) is 47.5 Å². The van der Waals surface area contributed by atoms with E-state index >= 15 is 0 Å². The minimum Gasteiger partial charge on any atom is -0.309 e. The number of benzene rings is 5. The molecular formula is C33H22N2. The molecule has 7 aromatic rings. The predicted molar refractivity (Wildman–Crippen MR) is 147 cm³/mol. The molecule has 5 aromatic carbocycles. The lowest BCUT2D eigenvalue weighted by atomic mass is 9.98.